The number of hydrogen-bond donors (Lipinski definition) is 0. The number of para-hydroxylation sites is 1. The lowest BCUT2D eigenvalue weighted by molar-refractivity contribution is 0.103. The molecule has 0 atom stereocenters. The molecule has 0 saturated heterocycles. The number of nitrogens with zero attached hydrogens (tertiary/aromatic N) is 3. The van der Waals surface area contributed by atoms with Crippen LogP contribution in [0.2, 0.25) is 0 Å². The fourth-order valence-electron chi connectivity index (χ4n) is 2.44. The molecule has 19 heavy (non-hydrogen) atoms. The largest absolute Gasteiger partial charge is 0.285 e. The van der Waals surface area contributed by atoms with Crippen molar-refractivity contribution >= 4 is 5.78 Å². The van der Waals surface area contributed by atoms with Gasteiger partial charge in [0.05, 0.1) is 11.9 Å². The van der Waals surface area contributed by atoms with Crippen molar-refractivity contribution in [2.45, 2.75) is 0 Å². The number of pyridine rings is 1. The smallest absolute Gasteiger partial charge is 0.231 e. The van der Waals surface area contributed by atoms with Crippen LogP contribution in [0.1, 0.15) is 16.2 Å². The highest BCUT2D eigenvalue weighted by molar-refractivity contribution is 6.19. The molecule has 0 saturated carbocycles. The van der Waals surface area contributed by atoms with Crippen LogP contribution in [0.3, 0.4) is 0 Å². The molecule has 2 aromatic heterocycles. The van der Waals surface area contributed by atoms with E-state index in [-0.39, 0.29) is 5.78 Å². The van der Waals surface area contributed by atoms with Crippen LogP contribution in [0.4, 0.5) is 0 Å². The zero-order valence-corrected chi connectivity index (χ0v) is 9.95. The Labute approximate surface area is 109 Å². The molecule has 0 bridgehead atoms. The Bertz CT molecular complexity index is 790. The van der Waals surface area contributed by atoms with Crippen LogP contribution in [0.5, 0.6) is 0 Å². The molecule has 4 nitrogen and oxygen atoms in total. The average molecular weight is 247 g/mol. The van der Waals surface area contributed by atoms with Gasteiger partial charge in [0.1, 0.15) is 11.4 Å². The van der Waals surface area contributed by atoms with Crippen molar-refractivity contribution in [1.29, 1.82) is 0 Å². The number of aromatic nitrogens is 3. The summed E-state index contributed by atoms with van der Waals surface area (Å²) < 4.78 is 1.68. The monoisotopic (exact) mass is 247 g/mol. The van der Waals surface area contributed by atoms with Gasteiger partial charge in [-0.15, -0.1) is 0 Å². The predicted molar refractivity (Wildman–Crippen MR) is 70.2 cm³/mol. The Morgan fingerprint density at radius 2 is 1.79 bits per heavy atom. The Balaban J connectivity index is 1.98. The summed E-state index contributed by atoms with van der Waals surface area (Å²) in [7, 11) is 0. The van der Waals surface area contributed by atoms with E-state index in [4.69, 9.17) is 0 Å². The van der Waals surface area contributed by atoms with Crippen LogP contribution in [0, 0.1) is 0 Å². The van der Waals surface area contributed by atoms with Gasteiger partial charge in [0.25, 0.3) is 0 Å². The summed E-state index contributed by atoms with van der Waals surface area (Å²) in [5.41, 5.74) is 3.71. The van der Waals surface area contributed by atoms with Crippen molar-refractivity contribution in [1.82, 2.24) is 14.8 Å². The summed E-state index contributed by atoms with van der Waals surface area (Å²) in [6, 6.07) is 13.4. The van der Waals surface area contributed by atoms with Crippen molar-refractivity contribution in [3.8, 4) is 16.8 Å². The van der Waals surface area contributed by atoms with Crippen LogP contribution in [0.25, 0.3) is 16.8 Å². The molecule has 4 rings (SSSR count). The second-order valence-electron chi connectivity index (χ2n) is 4.38. The molecule has 2 heterocycles. The van der Waals surface area contributed by atoms with Crippen molar-refractivity contribution in [2.24, 2.45) is 0 Å². The molecule has 1 aliphatic rings. The van der Waals surface area contributed by atoms with E-state index in [2.05, 4.69) is 10.1 Å². The summed E-state index contributed by atoms with van der Waals surface area (Å²) in [4.78, 5) is 16.6. The van der Waals surface area contributed by atoms with E-state index >= 15 is 0 Å². The lowest BCUT2D eigenvalue weighted by atomic mass is 10.2. The fourth-order valence-corrected chi connectivity index (χ4v) is 2.44. The Hall–Kier alpha value is -2.75. The minimum atomic E-state index is -0.0630. The quantitative estimate of drug-likeness (QED) is 0.519. The molecule has 0 spiro atoms. The fraction of sp³-hybridized carbons (Fsp3) is 0. The topological polar surface area (TPSA) is 47.8 Å². The van der Waals surface area contributed by atoms with Gasteiger partial charge in [0, 0.05) is 17.3 Å². The van der Waals surface area contributed by atoms with Crippen LogP contribution in [-0.2, 0) is 0 Å². The normalized spacial score (nSPS) is 12.3. The highest BCUT2D eigenvalue weighted by Crippen LogP contribution is 2.35. The molecular weight excluding hydrogens is 238 g/mol. The van der Waals surface area contributed by atoms with E-state index in [0.29, 0.717) is 11.4 Å². The maximum Gasteiger partial charge on any atom is 0.231 e. The number of ketones is 1. The highest BCUT2D eigenvalue weighted by Gasteiger charge is 2.32. The Morgan fingerprint density at radius 1 is 0.947 bits per heavy atom. The Kier molecular flexibility index (Phi) is 1.94. The number of hydrogen-bond acceptors (Lipinski definition) is 3. The van der Waals surface area contributed by atoms with Crippen LogP contribution in [-0.4, -0.2) is 20.5 Å². The minimum Gasteiger partial charge on any atom is -0.285 e. The van der Waals surface area contributed by atoms with Crippen LogP contribution >= 0.6 is 0 Å². The molecule has 90 valence electrons. The summed E-state index contributed by atoms with van der Waals surface area (Å²) in [5.74, 6) is -0.0630. The molecule has 0 radical (unpaired) electrons. The zero-order chi connectivity index (χ0) is 12.8. The molecule has 0 fully saturated rings. The first-order valence-corrected chi connectivity index (χ1v) is 6.00. The lowest BCUT2D eigenvalue weighted by Gasteiger charge is -2.03. The Morgan fingerprint density at radius 3 is 2.63 bits per heavy atom. The predicted octanol–water partition coefficient (Wildman–Crippen LogP) is 2.48. The van der Waals surface area contributed by atoms with Gasteiger partial charge in [-0.2, -0.15) is 5.10 Å². The summed E-state index contributed by atoms with van der Waals surface area (Å²) in [6.07, 6.45) is 3.37. The first-order valence-electron chi connectivity index (χ1n) is 6.00. The van der Waals surface area contributed by atoms with Gasteiger partial charge in [-0.05, 0) is 18.2 Å². The van der Waals surface area contributed by atoms with Crippen molar-refractivity contribution in [3.05, 3.63) is 66.2 Å². The lowest BCUT2D eigenvalue weighted by Crippen LogP contribution is -2.08. The highest BCUT2D eigenvalue weighted by atomic mass is 16.1. The third-order valence-electron chi connectivity index (χ3n) is 3.30. The van der Waals surface area contributed by atoms with Gasteiger partial charge in [0.2, 0.25) is 5.78 Å². The second kappa shape index (κ2) is 3.62. The molecular formula is C15H9N3O. The first kappa shape index (κ1) is 10.2. The first-order chi connectivity index (χ1) is 9.36. The van der Waals surface area contributed by atoms with E-state index in [9.17, 15) is 4.79 Å². The molecule has 4 heteroatoms. The average Bonchev–Trinajstić information content (AvgIpc) is 3.02. The van der Waals surface area contributed by atoms with Crippen LogP contribution < -0.4 is 0 Å². The number of rotatable bonds is 1. The molecule has 0 aliphatic heterocycles. The molecule has 0 unspecified atom stereocenters. The van der Waals surface area contributed by atoms with Crippen molar-refractivity contribution in [3.63, 3.8) is 0 Å². The van der Waals surface area contributed by atoms with Gasteiger partial charge in [-0.25, -0.2) is 4.68 Å². The van der Waals surface area contributed by atoms with E-state index < -0.39 is 0 Å². The van der Waals surface area contributed by atoms with Crippen molar-refractivity contribution in [2.75, 3.05) is 0 Å². The second-order valence-corrected chi connectivity index (χ2v) is 4.38. The maximum atomic E-state index is 12.4. The molecule has 1 aliphatic carbocycles. The van der Waals surface area contributed by atoms with Gasteiger partial charge >= 0.3 is 0 Å². The summed E-state index contributed by atoms with van der Waals surface area (Å²) in [5, 5.41) is 4.33. The summed E-state index contributed by atoms with van der Waals surface area (Å²) >= 11 is 0. The third kappa shape index (κ3) is 1.31. The van der Waals surface area contributed by atoms with E-state index in [1.165, 1.54) is 0 Å². The van der Waals surface area contributed by atoms with Gasteiger partial charge in [-0.1, -0.05) is 24.3 Å². The molecule has 3 aromatic rings. The maximum absolute atomic E-state index is 12.4. The van der Waals surface area contributed by atoms with Crippen molar-refractivity contribution < 1.29 is 4.79 Å². The molecule has 1 aromatic carbocycles. The zero-order valence-electron chi connectivity index (χ0n) is 9.95. The van der Waals surface area contributed by atoms with E-state index in [1.807, 2.05) is 42.5 Å². The number of benzene rings is 1. The van der Waals surface area contributed by atoms with Gasteiger partial charge in [-0.3, -0.25) is 9.78 Å². The number of carbonyl (C=O) groups is 1. The number of carbonyl (C=O) groups excluding carboxylic acids is 1. The third-order valence-corrected chi connectivity index (χ3v) is 3.30. The standard InChI is InChI=1S/C15H9N3O/c19-15-13-11(7-4-8-16-13)12-9-17-18(14(12)15)10-5-2-1-3-6-10/h1-9H. The SMILES string of the molecule is O=C1c2ncccc2-c2cnn(-c3ccccc3)c21. The van der Waals surface area contributed by atoms with E-state index in [1.54, 1.807) is 17.1 Å². The molecule has 0 amide bonds. The molecule has 0 N–H and O–H groups in total. The minimum absolute atomic E-state index is 0.0630. The van der Waals surface area contributed by atoms with Gasteiger partial charge < -0.3 is 0 Å². The van der Waals surface area contributed by atoms with Gasteiger partial charge in [0.15, 0.2) is 0 Å². The van der Waals surface area contributed by atoms with E-state index in [0.717, 1.165) is 16.8 Å². The number of fused-ring (bicyclic) bond motifs is 3. The summed E-state index contributed by atoms with van der Waals surface area (Å²) in [6.45, 7) is 0. The van der Waals surface area contributed by atoms with Crippen LogP contribution in [0.15, 0.2) is 54.9 Å².